The fraction of sp³-hybridized carbons (Fsp3) is 0.586. The van der Waals surface area contributed by atoms with Gasteiger partial charge in [0.05, 0.1) is 24.0 Å². The summed E-state index contributed by atoms with van der Waals surface area (Å²) in [6.07, 6.45) is -2.99. The third kappa shape index (κ3) is 6.16. The largest absolute Gasteiger partial charge is 0.474 e. The average molecular weight is 623 g/mol. The molecule has 0 amide bonds. The predicted octanol–water partition coefficient (Wildman–Crippen LogP) is 4.51. The van der Waals surface area contributed by atoms with Crippen LogP contribution in [0.25, 0.3) is 22.2 Å². The second kappa shape index (κ2) is 11.1. The van der Waals surface area contributed by atoms with Gasteiger partial charge in [0.15, 0.2) is 5.82 Å². The quantitative estimate of drug-likeness (QED) is 0.339. The Bertz CT molecular complexity index is 1570. The van der Waals surface area contributed by atoms with Gasteiger partial charge in [-0.3, -0.25) is 4.90 Å². The fourth-order valence-corrected chi connectivity index (χ4v) is 5.98. The smallest absolute Gasteiger partial charge is 0.418 e. The molecule has 6 rings (SSSR count). The normalized spacial score (nSPS) is 21.5. The van der Waals surface area contributed by atoms with Crippen LogP contribution in [0.4, 0.5) is 33.6 Å². The van der Waals surface area contributed by atoms with Gasteiger partial charge >= 0.3 is 12.2 Å². The van der Waals surface area contributed by atoms with Crippen LogP contribution in [0.15, 0.2) is 6.07 Å². The molecule has 0 spiro atoms. The van der Waals surface area contributed by atoms with Crippen molar-refractivity contribution in [1.29, 1.82) is 0 Å². The molecule has 1 unspecified atom stereocenters. The zero-order chi connectivity index (χ0) is 31.4. The van der Waals surface area contributed by atoms with Crippen molar-refractivity contribution in [2.45, 2.75) is 58.0 Å². The number of halogens is 5. The minimum Gasteiger partial charge on any atom is -0.474 e. The third-order valence-electron chi connectivity index (χ3n) is 8.26. The van der Waals surface area contributed by atoms with Crippen molar-refractivity contribution in [3.05, 3.63) is 23.1 Å². The number of pyridine rings is 2. The van der Waals surface area contributed by atoms with Gasteiger partial charge in [-0.2, -0.15) is 23.1 Å². The summed E-state index contributed by atoms with van der Waals surface area (Å²) >= 11 is 0. The maximum absolute atomic E-state index is 16.5. The van der Waals surface area contributed by atoms with Crippen LogP contribution in [-0.2, 0) is 6.18 Å². The molecule has 1 saturated heterocycles. The highest BCUT2D eigenvalue weighted by Crippen LogP contribution is 2.48. The van der Waals surface area contributed by atoms with Crippen LogP contribution in [0.2, 0.25) is 0 Å². The monoisotopic (exact) mass is 622 g/mol. The van der Waals surface area contributed by atoms with Gasteiger partial charge in [-0.1, -0.05) is 0 Å². The fourth-order valence-electron chi connectivity index (χ4n) is 5.98. The zero-order valence-corrected chi connectivity index (χ0v) is 24.7. The number of aryl methyl sites for hydroxylation is 1. The SMILES string of the molecule is Cc1nc(N)cc(-c2nc3c4c(nc(OCC5(CN6CC(C)(F)C6)CC5)nc4c2F)NCCNCCC(C)O3)c1C(F)(F)F. The van der Waals surface area contributed by atoms with E-state index in [1.54, 1.807) is 13.8 Å². The average Bonchev–Trinajstić information content (AvgIpc) is 3.68. The Hall–Kier alpha value is -3.59. The lowest BCUT2D eigenvalue weighted by Crippen LogP contribution is -2.58. The molecule has 1 aliphatic carbocycles. The van der Waals surface area contributed by atoms with Gasteiger partial charge in [-0.05, 0) is 52.6 Å². The first kappa shape index (κ1) is 30.4. The van der Waals surface area contributed by atoms with Crippen LogP contribution >= 0.6 is 0 Å². The molecule has 238 valence electrons. The van der Waals surface area contributed by atoms with Crippen molar-refractivity contribution in [1.82, 2.24) is 30.2 Å². The van der Waals surface area contributed by atoms with Crippen LogP contribution in [-0.4, -0.2) is 82.5 Å². The lowest BCUT2D eigenvalue weighted by molar-refractivity contribution is -0.137. The molecule has 15 heteroatoms. The molecule has 1 saturated carbocycles. The first-order valence-electron chi connectivity index (χ1n) is 14.6. The number of likely N-dealkylation sites (tertiary alicyclic amines) is 1. The molecule has 3 aliphatic rings. The van der Waals surface area contributed by atoms with Gasteiger partial charge in [-0.25, -0.2) is 18.7 Å². The summed E-state index contributed by atoms with van der Waals surface area (Å²) in [5.74, 6) is -1.27. The number of anilines is 2. The molecule has 1 atom stereocenters. The van der Waals surface area contributed by atoms with E-state index in [1.807, 2.05) is 4.90 Å². The summed E-state index contributed by atoms with van der Waals surface area (Å²) in [5.41, 5.74) is 1.34. The van der Waals surface area contributed by atoms with Crippen molar-refractivity contribution < 1.29 is 31.4 Å². The van der Waals surface area contributed by atoms with Gasteiger partial charge in [-0.15, -0.1) is 0 Å². The predicted molar refractivity (Wildman–Crippen MR) is 154 cm³/mol. The number of aromatic nitrogens is 4. The van der Waals surface area contributed by atoms with Crippen LogP contribution in [0.5, 0.6) is 11.9 Å². The lowest BCUT2D eigenvalue weighted by Gasteiger charge is -2.43. The van der Waals surface area contributed by atoms with Gasteiger partial charge in [0.1, 0.15) is 33.9 Å². The maximum Gasteiger partial charge on any atom is 0.418 e. The minimum atomic E-state index is -4.87. The molecule has 5 heterocycles. The molecule has 3 aromatic rings. The van der Waals surface area contributed by atoms with E-state index in [4.69, 9.17) is 15.2 Å². The van der Waals surface area contributed by atoms with Crippen molar-refractivity contribution in [3.63, 3.8) is 0 Å². The Balaban J connectivity index is 1.46. The molecule has 2 aliphatic heterocycles. The highest BCUT2D eigenvalue weighted by atomic mass is 19.4. The van der Waals surface area contributed by atoms with E-state index in [0.29, 0.717) is 45.7 Å². The maximum atomic E-state index is 16.5. The molecule has 2 fully saturated rings. The van der Waals surface area contributed by atoms with E-state index >= 15 is 4.39 Å². The molecule has 0 radical (unpaired) electrons. The summed E-state index contributed by atoms with van der Waals surface area (Å²) in [4.78, 5) is 19.0. The summed E-state index contributed by atoms with van der Waals surface area (Å²) < 4.78 is 85.4. The Morgan fingerprint density at radius 1 is 1.14 bits per heavy atom. The highest BCUT2D eigenvalue weighted by Gasteiger charge is 2.49. The van der Waals surface area contributed by atoms with E-state index in [0.717, 1.165) is 25.8 Å². The van der Waals surface area contributed by atoms with Crippen molar-refractivity contribution in [2.24, 2.45) is 5.41 Å². The van der Waals surface area contributed by atoms with Gasteiger partial charge in [0.25, 0.3) is 0 Å². The molecule has 4 N–H and O–H groups in total. The number of hydrogen-bond donors (Lipinski definition) is 3. The molecule has 3 aromatic heterocycles. The first-order chi connectivity index (χ1) is 20.7. The summed E-state index contributed by atoms with van der Waals surface area (Å²) in [7, 11) is 0. The van der Waals surface area contributed by atoms with Crippen LogP contribution < -0.4 is 25.8 Å². The minimum absolute atomic E-state index is 0.0867. The summed E-state index contributed by atoms with van der Waals surface area (Å²) in [5, 5.41) is 6.51. The van der Waals surface area contributed by atoms with Crippen molar-refractivity contribution >= 4 is 22.5 Å². The van der Waals surface area contributed by atoms with Crippen LogP contribution in [0.1, 0.15) is 44.4 Å². The number of nitrogens with one attached hydrogen (secondary N) is 2. The third-order valence-corrected chi connectivity index (χ3v) is 8.26. The molecule has 0 bridgehead atoms. The van der Waals surface area contributed by atoms with Gasteiger partial charge in [0, 0.05) is 43.7 Å². The molecular weight excluding hydrogens is 587 g/mol. The summed E-state index contributed by atoms with van der Waals surface area (Å²) in [6.45, 7) is 7.66. The number of nitrogen functional groups attached to an aromatic ring is 1. The van der Waals surface area contributed by atoms with Crippen LogP contribution in [0, 0.1) is 18.2 Å². The Kier molecular flexibility index (Phi) is 7.67. The van der Waals surface area contributed by atoms with Gasteiger partial charge in [0.2, 0.25) is 5.88 Å². The molecule has 0 aromatic carbocycles. The zero-order valence-electron chi connectivity index (χ0n) is 24.7. The second-order valence-electron chi connectivity index (χ2n) is 12.5. The van der Waals surface area contributed by atoms with E-state index < -0.39 is 46.3 Å². The van der Waals surface area contributed by atoms with Crippen LogP contribution in [0.3, 0.4) is 0 Å². The number of rotatable bonds is 6. The number of ether oxygens (including phenoxy) is 2. The Morgan fingerprint density at radius 2 is 1.89 bits per heavy atom. The van der Waals surface area contributed by atoms with Crippen molar-refractivity contribution in [2.75, 3.05) is 56.9 Å². The van der Waals surface area contributed by atoms with Gasteiger partial charge < -0.3 is 25.8 Å². The number of alkyl halides is 4. The Morgan fingerprint density at radius 3 is 2.57 bits per heavy atom. The summed E-state index contributed by atoms with van der Waals surface area (Å²) in [6, 6.07) is 0.801. The molecule has 10 nitrogen and oxygen atoms in total. The van der Waals surface area contributed by atoms with Crippen molar-refractivity contribution in [3.8, 4) is 23.1 Å². The Labute approximate surface area is 250 Å². The molecule has 44 heavy (non-hydrogen) atoms. The standard InChI is InChI=1S/C29H35F5N8O2/c1-15-4-7-36-8-9-37-24-19-23(40-26(41-24)43-14-28(5-6-28)13-42-11-27(3,31)12-42)21(30)22(39-25(19)44-15)17-10-18(35)38-16(2)20(17)29(32,33)34/h10,15,36H,4-9,11-14H2,1-3H3,(H2,35,38)(H,37,40,41). The first-order valence-corrected chi connectivity index (χ1v) is 14.6. The van der Waals surface area contributed by atoms with E-state index in [2.05, 4.69) is 30.6 Å². The number of hydrogen-bond acceptors (Lipinski definition) is 10. The highest BCUT2D eigenvalue weighted by molar-refractivity contribution is 5.96. The number of nitrogens with zero attached hydrogens (tertiary/aromatic N) is 5. The topological polar surface area (TPSA) is 123 Å². The van der Waals surface area contributed by atoms with E-state index in [-0.39, 0.29) is 46.5 Å². The lowest BCUT2D eigenvalue weighted by atomic mass is 9.96. The van der Waals surface area contributed by atoms with E-state index in [9.17, 15) is 17.6 Å². The second-order valence-corrected chi connectivity index (χ2v) is 12.5. The number of nitrogens with two attached hydrogens (primary N) is 1. The molecular formula is C29H35F5N8O2. The van der Waals surface area contributed by atoms with E-state index in [1.165, 1.54) is 0 Å².